The van der Waals surface area contributed by atoms with Gasteiger partial charge in [0.1, 0.15) is 6.54 Å². The molecule has 0 aliphatic carbocycles. The highest BCUT2D eigenvalue weighted by atomic mass is 16.2. The Morgan fingerprint density at radius 2 is 2.43 bits per heavy atom. The number of amides is 1. The lowest BCUT2D eigenvalue weighted by atomic mass is 10.00. The van der Waals surface area contributed by atoms with Crippen LogP contribution in [0.3, 0.4) is 0 Å². The molecule has 14 heavy (non-hydrogen) atoms. The molecule has 0 unspecified atom stereocenters. The van der Waals surface area contributed by atoms with Crippen LogP contribution in [0.2, 0.25) is 0 Å². The Hall–Kier alpha value is -1.22. The highest BCUT2D eigenvalue weighted by molar-refractivity contribution is 5.78. The number of rotatable bonds is 3. The summed E-state index contributed by atoms with van der Waals surface area (Å²) in [5.41, 5.74) is 8.12. The SMILES string of the molecule is CC[C@@H]1CCCCN1C(=O)CN=[N+]=[N-]. The molecule has 0 N–H and O–H groups in total. The van der Waals surface area contributed by atoms with Crippen molar-refractivity contribution >= 4 is 5.91 Å². The van der Waals surface area contributed by atoms with Crippen LogP contribution in [-0.4, -0.2) is 29.9 Å². The van der Waals surface area contributed by atoms with Gasteiger partial charge in [-0.25, -0.2) is 0 Å². The molecule has 0 aromatic carbocycles. The lowest BCUT2D eigenvalue weighted by Crippen LogP contribution is -2.44. The standard InChI is InChI=1S/C9H16N4O/c1-2-8-5-3-4-6-13(8)9(14)7-11-12-10/h8H,2-7H2,1H3/t8-/m1/s1. The summed E-state index contributed by atoms with van der Waals surface area (Å²) in [6.07, 6.45) is 4.34. The molecule has 1 heterocycles. The number of carbonyl (C=O) groups is 1. The van der Waals surface area contributed by atoms with Crippen LogP contribution in [0, 0.1) is 0 Å². The van der Waals surface area contributed by atoms with Crippen LogP contribution < -0.4 is 0 Å². The molecule has 0 spiro atoms. The molecule has 0 aromatic rings. The molecular formula is C9H16N4O. The average Bonchev–Trinajstić information content (AvgIpc) is 2.25. The van der Waals surface area contributed by atoms with Crippen LogP contribution in [0.25, 0.3) is 10.4 Å². The van der Waals surface area contributed by atoms with Crippen molar-refractivity contribution in [1.82, 2.24) is 4.90 Å². The van der Waals surface area contributed by atoms with Crippen LogP contribution in [0.4, 0.5) is 0 Å². The van der Waals surface area contributed by atoms with Crippen molar-refractivity contribution in [3.05, 3.63) is 10.4 Å². The quantitative estimate of drug-likeness (QED) is 0.387. The van der Waals surface area contributed by atoms with Gasteiger partial charge in [0.05, 0.1) is 0 Å². The van der Waals surface area contributed by atoms with E-state index < -0.39 is 0 Å². The fourth-order valence-corrected chi connectivity index (χ4v) is 1.94. The monoisotopic (exact) mass is 196 g/mol. The average molecular weight is 196 g/mol. The minimum absolute atomic E-state index is 0.0330. The summed E-state index contributed by atoms with van der Waals surface area (Å²) in [7, 11) is 0. The molecule has 1 saturated heterocycles. The summed E-state index contributed by atoms with van der Waals surface area (Å²) in [4.78, 5) is 16.0. The molecule has 0 aromatic heterocycles. The second kappa shape index (κ2) is 5.50. The Balaban J connectivity index is 2.54. The fraction of sp³-hybridized carbons (Fsp3) is 0.889. The number of likely N-dealkylation sites (tertiary alicyclic amines) is 1. The number of nitrogens with zero attached hydrogens (tertiary/aromatic N) is 4. The number of piperidine rings is 1. The molecule has 1 aliphatic heterocycles. The van der Waals surface area contributed by atoms with E-state index in [-0.39, 0.29) is 12.5 Å². The highest BCUT2D eigenvalue weighted by Gasteiger charge is 2.24. The highest BCUT2D eigenvalue weighted by Crippen LogP contribution is 2.19. The third-order valence-corrected chi connectivity index (χ3v) is 2.69. The predicted octanol–water partition coefficient (Wildman–Crippen LogP) is 2.09. The number of hydrogen-bond donors (Lipinski definition) is 0. The van der Waals surface area contributed by atoms with Crippen LogP contribution in [0.15, 0.2) is 5.11 Å². The molecule has 5 heteroatoms. The third-order valence-electron chi connectivity index (χ3n) is 2.69. The second-order valence-electron chi connectivity index (χ2n) is 3.53. The van der Waals surface area contributed by atoms with Crippen molar-refractivity contribution in [2.24, 2.45) is 5.11 Å². The van der Waals surface area contributed by atoms with Crippen LogP contribution >= 0.6 is 0 Å². The maximum atomic E-state index is 11.6. The Labute approximate surface area is 83.7 Å². The van der Waals surface area contributed by atoms with Gasteiger partial charge in [0.25, 0.3) is 0 Å². The topological polar surface area (TPSA) is 69.1 Å². The van der Waals surface area contributed by atoms with Gasteiger partial charge in [-0.1, -0.05) is 12.0 Å². The predicted molar refractivity (Wildman–Crippen MR) is 53.7 cm³/mol. The molecule has 5 nitrogen and oxygen atoms in total. The summed E-state index contributed by atoms with van der Waals surface area (Å²) in [6, 6.07) is 0.352. The minimum Gasteiger partial charge on any atom is -0.340 e. The molecule has 1 rings (SSSR count). The van der Waals surface area contributed by atoms with E-state index in [1.807, 2.05) is 4.90 Å². The normalized spacial score (nSPS) is 21.5. The largest absolute Gasteiger partial charge is 0.340 e. The van der Waals surface area contributed by atoms with Gasteiger partial charge < -0.3 is 4.90 Å². The van der Waals surface area contributed by atoms with E-state index in [9.17, 15) is 4.79 Å². The van der Waals surface area contributed by atoms with Crippen molar-refractivity contribution in [2.75, 3.05) is 13.1 Å². The van der Waals surface area contributed by atoms with Crippen LogP contribution in [0.5, 0.6) is 0 Å². The first kappa shape index (κ1) is 10.9. The number of azide groups is 1. The van der Waals surface area contributed by atoms with Gasteiger partial charge in [0.2, 0.25) is 5.91 Å². The third kappa shape index (κ3) is 2.64. The van der Waals surface area contributed by atoms with E-state index >= 15 is 0 Å². The zero-order chi connectivity index (χ0) is 10.4. The summed E-state index contributed by atoms with van der Waals surface area (Å²) in [5, 5.41) is 3.31. The molecule has 0 radical (unpaired) electrons. The Bertz CT molecular complexity index is 247. The fourth-order valence-electron chi connectivity index (χ4n) is 1.94. The lowest BCUT2D eigenvalue weighted by Gasteiger charge is -2.35. The molecule has 1 atom stereocenters. The second-order valence-corrected chi connectivity index (χ2v) is 3.53. The molecule has 1 amide bonds. The van der Waals surface area contributed by atoms with Gasteiger partial charge in [-0.15, -0.1) is 0 Å². The first-order chi connectivity index (χ1) is 6.79. The minimum atomic E-state index is -0.0347. The van der Waals surface area contributed by atoms with Crippen molar-refractivity contribution in [3.8, 4) is 0 Å². The van der Waals surface area contributed by atoms with Crippen LogP contribution in [0.1, 0.15) is 32.6 Å². The Morgan fingerprint density at radius 1 is 1.64 bits per heavy atom. The lowest BCUT2D eigenvalue weighted by molar-refractivity contribution is -0.133. The van der Waals surface area contributed by atoms with Crippen LogP contribution in [-0.2, 0) is 4.79 Å². The Kier molecular flexibility index (Phi) is 4.26. The van der Waals surface area contributed by atoms with Gasteiger partial charge in [-0.05, 0) is 31.2 Å². The van der Waals surface area contributed by atoms with Crippen molar-refractivity contribution < 1.29 is 4.79 Å². The number of hydrogen-bond acceptors (Lipinski definition) is 2. The van der Waals surface area contributed by atoms with Gasteiger partial charge in [-0.3, -0.25) is 4.79 Å². The smallest absolute Gasteiger partial charge is 0.228 e. The molecule has 1 fully saturated rings. The van der Waals surface area contributed by atoms with E-state index in [0.29, 0.717) is 6.04 Å². The van der Waals surface area contributed by atoms with Gasteiger partial charge in [-0.2, -0.15) is 0 Å². The van der Waals surface area contributed by atoms with E-state index in [1.165, 1.54) is 6.42 Å². The molecule has 0 bridgehead atoms. The molecule has 1 aliphatic rings. The van der Waals surface area contributed by atoms with E-state index in [2.05, 4.69) is 16.9 Å². The van der Waals surface area contributed by atoms with E-state index in [0.717, 1.165) is 25.8 Å². The zero-order valence-corrected chi connectivity index (χ0v) is 8.52. The summed E-state index contributed by atoms with van der Waals surface area (Å²) >= 11 is 0. The summed E-state index contributed by atoms with van der Waals surface area (Å²) < 4.78 is 0. The molecule has 78 valence electrons. The maximum absolute atomic E-state index is 11.6. The maximum Gasteiger partial charge on any atom is 0.228 e. The summed E-state index contributed by atoms with van der Waals surface area (Å²) in [6.45, 7) is 2.87. The first-order valence-electron chi connectivity index (χ1n) is 5.10. The van der Waals surface area contributed by atoms with Crippen molar-refractivity contribution in [1.29, 1.82) is 0 Å². The van der Waals surface area contributed by atoms with Gasteiger partial charge in [0, 0.05) is 17.5 Å². The van der Waals surface area contributed by atoms with E-state index in [1.54, 1.807) is 0 Å². The van der Waals surface area contributed by atoms with Crippen molar-refractivity contribution in [3.63, 3.8) is 0 Å². The zero-order valence-electron chi connectivity index (χ0n) is 8.52. The Morgan fingerprint density at radius 3 is 3.07 bits per heavy atom. The molecular weight excluding hydrogens is 180 g/mol. The summed E-state index contributed by atoms with van der Waals surface area (Å²) in [5.74, 6) is -0.0330. The molecule has 0 saturated carbocycles. The van der Waals surface area contributed by atoms with Gasteiger partial charge >= 0.3 is 0 Å². The van der Waals surface area contributed by atoms with Crippen molar-refractivity contribution in [2.45, 2.75) is 38.6 Å². The first-order valence-corrected chi connectivity index (χ1v) is 5.10. The van der Waals surface area contributed by atoms with Gasteiger partial charge in [0.15, 0.2) is 0 Å². The number of carbonyl (C=O) groups excluding carboxylic acids is 1. The van der Waals surface area contributed by atoms with E-state index in [4.69, 9.17) is 5.53 Å².